The van der Waals surface area contributed by atoms with E-state index in [2.05, 4.69) is 51.3 Å². The number of carbonyl (C=O) groups is 3. The first-order valence-electron chi connectivity index (χ1n) is 23.7. The molecule has 9 rings (SSSR count). The number of carboxylic acid groups (broad SMARTS) is 1. The number of fused-ring (bicyclic) bond motifs is 7. The molecular weight excluding hydrogens is 749 g/mol. The van der Waals surface area contributed by atoms with Crippen molar-refractivity contribution in [3.05, 3.63) is 0 Å². The van der Waals surface area contributed by atoms with E-state index in [9.17, 15) is 23.1 Å². The van der Waals surface area contributed by atoms with Crippen LogP contribution in [0.1, 0.15) is 152 Å². The van der Waals surface area contributed by atoms with Crippen molar-refractivity contribution in [2.45, 2.75) is 164 Å². The van der Waals surface area contributed by atoms with E-state index in [0.717, 1.165) is 64.5 Å². The number of sulfone groups is 1. The number of ether oxygens (including phenoxy) is 1. The minimum atomic E-state index is -2.94. The lowest BCUT2D eigenvalue weighted by atomic mass is 9.32. The van der Waals surface area contributed by atoms with E-state index in [1.54, 1.807) is 0 Å². The predicted octanol–water partition coefficient (Wildman–Crippen LogP) is 8.25. The van der Waals surface area contributed by atoms with Gasteiger partial charge in [-0.25, -0.2) is 8.42 Å². The molecule has 0 radical (unpaired) electrons. The summed E-state index contributed by atoms with van der Waals surface area (Å²) in [5.74, 6) is 1.64. The molecule has 58 heavy (non-hydrogen) atoms. The summed E-state index contributed by atoms with van der Waals surface area (Å²) < 4.78 is 30.9. The first kappa shape index (κ1) is 41.7. The normalized spacial score (nSPS) is 48.3. The van der Waals surface area contributed by atoms with Crippen molar-refractivity contribution >= 4 is 27.7 Å². The third kappa shape index (κ3) is 5.86. The van der Waals surface area contributed by atoms with Crippen molar-refractivity contribution in [2.75, 3.05) is 37.7 Å². The number of amides is 1. The first-order chi connectivity index (χ1) is 27.0. The summed E-state index contributed by atoms with van der Waals surface area (Å²) in [6.45, 7) is 21.9. The van der Waals surface area contributed by atoms with Crippen LogP contribution in [0.15, 0.2) is 0 Å². The average molecular weight is 825 g/mol. The van der Waals surface area contributed by atoms with E-state index >= 15 is 4.79 Å². The highest BCUT2D eigenvalue weighted by Gasteiger charge is 2.74. The fraction of sp³-hybridized carbons (Fsp3) is 0.938. The van der Waals surface area contributed by atoms with Crippen LogP contribution in [-0.4, -0.2) is 91.0 Å². The highest BCUT2D eigenvalue weighted by atomic mass is 32.2. The van der Waals surface area contributed by atoms with Crippen LogP contribution in [0, 0.1) is 79.3 Å². The Hall–Kier alpha value is -1.68. The second-order valence-corrected chi connectivity index (χ2v) is 26.5. The van der Waals surface area contributed by atoms with Gasteiger partial charge in [-0.2, -0.15) is 0 Å². The number of rotatable bonds is 7. The molecular formula is C48H76N2O7S. The van der Waals surface area contributed by atoms with Crippen LogP contribution in [0.4, 0.5) is 0 Å². The molecule has 1 amide bonds. The van der Waals surface area contributed by atoms with Crippen LogP contribution in [0.2, 0.25) is 0 Å². The maximum atomic E-state index is 15.5. The van der Waals surface area contributed by atoms with Gasteiger partial charge in [0.1, 0.15) is 6.10 Å². The third-order valence-electron chi connectivity index (χ3n) is 21.4. The summed E-state index contributed by atoms with van der Waals surface area (Å²) in [7, 11) is -2.94. The van der Waals surface area contributed by atoms with E-state index in [1.807, 2.05) is 13.8 Å². The minimum absolute atomic E-state index is 0.135. The second-order valence-electron chi connectivity index (χ2n) is 24.2. The van der Waals surface area contributed by atoms with Gasteiger partial charge < -0.3 is 14.7 Å². The van der Waals surface area contributed by atoms with Gasteiger partial charge in [0.25, 0.3) is 0 Å². The number of likely N-dealkylation sites (tertiary alicyclic amines) is 1. The number of nitrogens with zero attached hydrogens (tertiary/aromatic N) is 2. The minimum Gasteiger partial charge on any atom is -0.481 e. The average Bonchev–Trinajstić information content (AvgIpc) is 3.52. The van der Waals surface area contributed by atoms with Crippen molar-refractivity contribution in [3.63, 3.8) is 0 Å². The van der Waals surface area contributed by atoms with Gasteiger partial charge in [-0.3, -0.25) is 19.3 Å². The number of hydrogen-bond acceptors (Lipinski definition) is 7. The Labute approximate surface area is 349 Å². The number of carboxylic acids is 1. The summed E-state index contributed by atoms with van der Waals surface area (Å²) in [5.41, 5.74) is -0.232. The fourth-order valence-corrected chi connectivity index (χ4v) is 18.5. The van der Waals surface area contributed by atoms with E-state index in [-0.39, 0.29) is 62.6 Å². The molecule has 0 aromatic rings. The van der Waals surface area contributed by atoms with E-state index in [0.29, 0.717) is 60.4 Å². The van der Waals surface area contributed by atoms with E-state index in [4.69, 9.17) is 4.74 Å². The summed E-state index contributed by atoms with van der Waals surface area (Å²) in [6, 6.07) is 0.190. The topological polar surface area (TPSA) is 121 Å². The van der Waals surface area contributed by atoms with Crippen LogP contribution < -0.4 is 0 Å². The zero-order chi connectivity index (χ0) is 41.6. The Bertz CT molecular complexity index is 1810. The van der Waals surface area contributed by atoms with Crippen LogP contribution in [-0.2, 0) is 29.0 Å². The lowest BCUT2D eigenvalue weighted by Crippen LogP contribution is -2.68. The first-order valence-corrected chi connectivity index (χ1v) is 25.5. The van der Waals surface area contributed by atoms with Crippen LogP contribution >= 0.6 is 0 Å². The SMILES string of the molecule is CC1([C@@H]2CC[C@]3(C(=O)N4CCC[C@H]4CN4CCS(=O)(=O)CC4)CC[C@]4(C)[C@H](CC[C@@H]5[C@@]6(C)CC[C@H](OC(=O)[C@H]7C[C@@H](C(=O)O)C7(C)C)C(C)(C)[C@@H]6CC[C@]54C)[C@@H]23)CC1. The van der Waals surface area contributed by atoms with Gasteiger partial charge >= 0.3 is 11.9 Å². The Kier molecular flexibility index (Phi) is 9.63. The highest BCUT2D eigenvalue weighted by Crippen LogP contribution is 2.79. The zero-order valence-corrected chi connectivity index (χ0v) is 38.1. The molecule has 0 aromatic heterocycles. The monoisotopic (exact) mass is 825 g/mol. The lowest BCUT2D eigenvalue weighted by molar-refractivity contribution is -0.253. The molecule has 0 aromatic carbocycles. The van der Waals surface area contributed by atoms with Gasteiger partial charge in [0, 0.05) is 37.6 Å². The molecule has 1 N–H and O–H groups in total. The molecule has 2 aliphatic heterocycles. The van der Waals surface area contributed by atoms with E-state index < -0.39 is 27.1 Å². The van der Waals surface area contributed by atoms with Crippen molar-refractivity contribution in [2.24, 2.45) is 79.3 Å². The molecule has 13 atom stereocenters. The zero-order valence-electron chi connectivity index (χ0n) is 37.2. The van der Waals surface area contributed by atoms with Gasteiger partial charge in [-0.1, -0.05) is 55.4 Å². The maximum Gasteiger partial charge on any atom is 0.309 e. The Balaban J connectivity index is 0.958. The van der Waals surface area contributed by atoms with Gasteiger partial charge in [-0.05, 0) is 153 Å². The third-order valence-corrected chi connectivity index (χ3v) is 23.0. The highest BCUT2D eigenvalue weighted by molar-refractivity contribution is 7.91. The summed E-state index contributed by atoms with van der Waals surface area (Å²) in [5, 5.41) is 9.70. The molecule has 7 aliphatic carbocycles. The van der Waals surface area contributed by atoms with Crippen LogP contribution in [0.25, 0.3) is 0 Å². The molecule has 10 heteroatoms. The summed E-state index contributed by atoms with van der Waals surface area (Å²) in [4.78, 5) is 45.7. The molecule has 9 aliphatic rings. The Morgan fingerprint density at radius 2 is 1.40 bits per heavy atom. The smallest absolute Gasteiger partial charge is 0.309 e. The molecule has 9 fully saturated rings. The number of esters is 1. The predicted molar refractivity (Wildman–Crippen MR) is 224 cm³/mol. The van der Waals surface area contributed by atoms with Crippen LogP contribution in [0.5, 0.6) is 0 Å². The molecule has 0 spiro atoms. The van der Waals surface area contributed by atoms with Crippen molar-refractivity contribution in [1.82, 2.24) is 9.80 Å². The number of carbonyl (C=O) groups excluding carboxylic acids is 2. The maximum absolute atomic E-state index is 15.5. The molecule has 2 heterocycles. The van der Waals surface area contributed by atoms with Crippen molar-refractivity contribution in [3.8, 4) is 0 Å². The lowest BCUT2D eigenvalue weighted by Gasteiger charge is -2.73. The largest absolute Gasteiger partial charge is 0.481 e. The van der Waals surface area contributed by atoms with E-state index in [1.165, 1.54) is 38.5 Å². The summed E-state index contributed by atoms with van der Waals surface area (Å²) >= 11 is 0. The Morgan fingerprint density at radius 3 is 2.05 bits per heavy atom. The van der Waals surface area contributed by atoms with Gasteiger partial charge in [0.15, 0.2) is 9.84 Å². The van der Waals surface area contributed by atoms with Crippen LogP contribution in [0.3, 0.4) is 0 Å². The second kappa shape index (κ2) is 13.4. The molecule has 7 saturated carbocycles. The quantitative estimate of drug-likeness (QED) is 0.255. The van der Waals surface area contributed by atoms with Gasteiger partial charge in [0.05, 0.1) is 28.8 Å². The summed E-state index contributed by atoms with van der Waals surface area (Å²) in [6.07, 6.45) is 15.9. The molecule has 0 unspecified atom stereocenters. The molecule has 9 nitrogen and oxygen atoms in total. The van der Waals surface area contributed by atoms with Gasteiger partial charge in [-0.15, -0.1) is 0 Å². The van der Waals surface area contributed by atoms with Crippen molar-refractivity contribution in [1.29, 1.82) is 0 Å². The number of hydrogen-bond donors (Lipinski definition) is 1. The molecule has 2 saturated heterocycles. The van der Waals surface area contributed by atoms with Crippen molar-refractivity contribution < 1.29 is 32.6 Å². The molecule has 326 valence electrons. The number of aliphatic carboxylic acids is 1. The van der Waals surface area contributed by atoms with Gasteiger partial charge in [0.2, 0.25) is 5.91 Å². The Morgan fingerprint density at radius 1 is 0.690 bits per heavy atom. The fourth-order valence-electron chi connectivity index (χ4n) is 17.3. The molecule has 0 bridgehead atoms. The standard InChI is InChI=1S/C48H76N2O7S/c1-42(2)33(39(51)52)28-34(42)40(53)57-37-15-16-45(6)35(43(37,3)4)14-17-47(8)36(45)12-11-32-38-31(44(5)19-20-44)13-18-48(38,22-21-46(32,47)7)41(54)50-23-9-10-30(50)29-49-24-26-58(55,56)27-25-49/h30-38H,9-29H2,1-8H3,(H,51,52)/t30-,31+,32+,33-,34+,35-,36+,37-,38+,45-,46+,47+,48-/m0/s1.